The number of fused-ring (bicyclic) bond motifs is 1. The number of benzene rings is 3. The van der Waals surface area contributed by atoms with E-state index in [1.807, 2.05) is 73.7 Å². The summed E-state index contributed by atoms with van der Waals surface area (Å²) < 4.78 is 15.0. The molecule has 2 heterocycles. The summed E-state index contributed by atoms with van der Waals surface area (Å²) in [6, 6.07) is 28.9. The molecule has 33 heavy (non-hydrogen) atoms. The molecule has 0 aliphatic rings. The van der Waals surface area contributed by atoms with Gasteiger partial charge < -0.3 is 5.32 Å². The summed E-state index contributed by atoms with van der Waals surface area (Å²) in [7, 11) is 0. The average molecular weight is 436 g/mol. The van der Waals surface area contributed by atoms with E-state index in [2.05, 4.69) is 10.4 Å². The molecular formula is C27H21FN4O. The number of amides is 1. The molecule has 0 radical (unpaired) electrons. The van der Waals surface area contributed by atoms with Crippen LogP contribution in [-0.2, 0) is 0 Å². The van der Waals surface area contributed by atoms with Crippen molar-refractivity contribution in [3.63, 3.8) is 0 Å². The Bertz CT molecular complexity index is 1410. The second kappa shape index (κ2) is 8.67. The second-order valence-corrected chi connectivity index (χ2v) is 7.80. The van der Waals surface area contributed by atoms with Gasteiger partial charge in [-0.05, 0) is 42.8 Å². The molecule has 6 heteroatoms. The van der Waals surface area contributed by atoms with E-state index in [-0.39, 0.29) is 17.8 Å². The van der Waals surface area contributed by atoms with E-state index < -0.39 is 0 Å². The first-order chi connectivity index (χ1) is 16.1. The summed E-state index contributed by atoms with van der Waals surface area (Å²) in [5.41, 5.74) is 4.81. The number of carbonyl (C=O) groups is 1. The SMILES string of the molecule is C[C@H](NC(=O)c1cc(-c2ccc(F)cc2)nc2cc(-c3ccccc3)nn12)c1ccccc1. The van der Waals surface area contributed by atoms with Crippen LogP contribution in [0.5, 0.6) is 0 Å². The molecule has 0 bridgehead atoms. The number of halogens is 1. The number of rotatable bonds is 5. The Morgan fingerprint density at radius 3 is 2.18 bits per heavy atom. The van der Waals surface area contributed by atoms with Crippen LogP contribution in [0.4, 0.5) is 4.39 Å². The Hall–Kier alpha value is -4.32. The first-order valence-electron chi connectivity index (χ1n) is 10.7. The zero-order valence-electron chi connectivity index (χ0n) is 17.9. The van der Waals surface area contributed by atoms with Gasteiger partial charge in [0.15, 0.2) is 5.65 Å². The van der Waals surface area contributed by atoms with Crippen LogP contribution < -0.4 is 5.32 Å². The molecule has 0 aliphatic carbocycles. The molecule has 0 saturated carbocycles. The summed E-state index contributed by atoms with van der Waals surface area (Å²) in [6.45, 7) is 1.94. The average Bonchev–Trinajstić information content (AvgIpc) is 3.29. The maximum absolute atomic E-state index is 13.5. The first-order valence-corrected chi connectivity index (χ1v) is 10.7. The number of hydrogen-bond acceptors (Lipinski definition) is 3. The van der Waals surface area contributed by atoms with Gasteiger partial charge >= 0.3 is 0 Å². The summed E-state index contributed by atoms with van der Waals surface area (Å²) >= 11 is 0. The maximum atomic E-state index is 13.5. The van der Waals surface area contributed by atoms with Crippen LogP contribution in [0.3, 0.4) is 0 Å². The molecule has 5 rings (SSSR count). The van der Waals surface area contributed by atoms with Crippen molar-refractivity contribution in [1.82, 2.24) is 19.9 Å². The highest BCUT2D eigenvalue weighted by atomic mass is 19.1. The monoisotopic (exact) mass is 436 g/mol. The minimum Gasteiger partial charge on any atom is -0.344 e. The Morgan fingerprint density at radius 2 is 1.48 bits per heavy atom. The number of nitrogens with one attached hydrogen (secondary N) is 1. The molecule has 0 unspecified atom stereocenters. The summed E-state index contributed by atoms with van der Waals surface area (Å²) in [4.78, 5) is 18.1. The van der Waals surface area contributed by atoms with Gasteiger partial charge in [0.05, 0.1) is 17.4 Å². The van der Waals surface area contributed by atoms with E-state index in [9.17, 15) is 9.18 Å². The van der Waals surface area contributed by atoms with Crippen LogP contribution in [0.15, 0.2) is 97.1 Å². The lowest BCUT2D eigenvalue weighted by Gasteiger charge is -2.15. The van der Waals surface area contributed by atoms with Crippen LogP contribution in [0, 0.1) is 5.82 Å². The number of nitrogens with zero attached hydrogens (tertiary/aromatic N) is 3. The first kappa shape index (κ1) is 20.6. The number of carbonyl (C=O) groups excluding carboxylic acids is 1. The van der Waals surface area contributed by atoms with Gasteiger partial charge in [-0.15, -0.1) is 0 Å². The van der Waals surface area contributed by atoms with Crippen molar-refractivity contribution in [2.75, 3.05) is 0 Å². The third-order valence-corrected chi connectivity index (χ3v) is 5.52. The standard InChI is InChI=1S/C27H21FN4O/c1-18(19-8-4-2-5-9-19)29-27(33)25-16-23(21-12-14-22(28)15-13-21)30-26-17-24(31-32(25)26)20-10-6-3-7-11-20/h2-18H,1H3,(H,29,33)/t18-/m0/s1. The van der Waals surface area contributed by atoms with Crippen molar-refractivity contribution >= 4 is 11.6 Å². The Kier molecular flexibility index (Phi) is 5.40. The lowest BCUT2D eigenvalue weighted by atomic mass is 10.1. The molecule has 3 aromatic carbocycles. The zero-order valence-corrected chi connectivity index (χ0v) is 17.9. The fraction of sp³-hybridized carbons (Fsp3) is 0.0741. The summed E-state index contributed by atoms with van der Waals surface area (Å²) in [5, 5.41) is 7.72. The van der Waals surface area contributed by atoms with Crippen molar-refractivity contribution in [3.05, 3.63) is 114 Å². The predicted octanol–water partition coefficient (Wildman–Crippen LogP) is 5.69. The Balaban J connectivity index is 1.60. The molecule has 1 N–H and O–H groups in total. The molecule has 5 nitrogen and oxygen atoms in total. The van der Waals surface area contributed by atoms with Gasteiger partial charge in [0.25, 0.3) is 5.91 Å². The molecule has 0 fully saturated rings. The number of aromatic nitrogens is 3. The van der Waals surface area contributed by atoms with Crippen LogP contribution in [0.1, 0.15) is 29.0 Å². The minimum absolute atomic E-state index is 0.194. The topological polar surface area (TPSA) is 59.3 Å². The third kappa shape index (κ3) is 4.23. The lowest BCUT2D eigenvalue weighted by molar-refractivity contribution is 0.0932. The van der Waals surface area contributed by atoms with Crippen molar-refractivity contribution in [2.45, 2.75) is 13.0 Å². The molecule has 5 aromatic rings. The van der Waals surface area contributed by atoms with Gasteiger partial charge in [-0.25, -0.2) is 13.9 Å². The van der Waals surface area contributed by atoms with E-state index in [0.29, 0.717) is 28.3 Å². The number of hydrogen-bond donors (Lipinski definition) is 1. The van der Waals surface area contributed by atoms with E-state index in [4.69, 9.17) is 4.98 Å². The fourth-order valence-electron chi connectivity index (χ4n) is 3.75. The Labute approximate surface area is 190 Å². The lowest BCUT2D eigenvalue weighted by Crippen LogP contribution is -2.28. The highest BCUT2D eigenvalue weighted by molar-refractivity contribution is 5.94. The second-order valence-electron chi connectivity index (χ2n) is 7.80. The van der Waals surface area contributed by atoms with Gasteiger partial charge in [0.1, 0.15) is 11.5 Å². The Morgan fingerprint density at radius 1 is 0.848 bits per heavy atom. The molecular weight excluding hydrogens is 415 g/mol. The van der Waals surface area contributed by atoms with Gasteiger partial charge in [-0.2, -0.15) is 5.10 Å². The van der Waals surface area contributed by atoms with E-state index in [0.717, 1.165) is 11.1 Å². The zero-order chi connectivity index (χ0) is 22.8. The van der Waals surface area contributed by atoms with Crippen LogP contribution in [-0.4, -0.2) is 20.5 Å². The summed E-state index contributed by atoms with van der Waals surface area (Å²) in [6.07, 6.45) is 0. The van der Waals surface area contributed by atoms with Crippen LogP contribution >= 0.6 is 0 Å². The fourth-order valence-corrected chi connectivity index (χ4v) is 3.75. The van der Waals surface area contributed by atoms with Gasteiger partial charge in [0.2, 0.25) is 0 Å². The minimum atomic E-state index is -0.329. The van der Waals surface area contributed by atoms with Crippen molar-refractivity contribution in [2.24, 2.45) is 0 Å². The van der Waals surface area contributed by atoms with Gasteiger partial charge in [-0.1, -0.05) is 60.7 Å². The van der Waals surface area contributed by atoms with Crippen LogP contribution in [0.25, 0.3) is 28.2 Å². The highest BCUT2D eigenvalue weighted by Gasteiger charge is 2.19. The van der Waals surface area contributed by atoms with E-state index >= 15 is 0 Å². The quantitative estimate of drug-likeness (QED) is 0.385. The van der Waals surface area contributed by atoms with Gasteiger partial charge in [0, 0.05) is 17.2 Å². The molecule has 1 atom stereocenters. The molecule has 0 aliphatic heterocycles. The smallest absolute Gasteiger partial charge is 0.270 e. The van der Waals surface area contributed by atoms with Crippen molar-refractivity contribution in [1.29, 1.82) is 0 Å². The molecule has 0 spiro atoms. The molecule has 162 valence electrons. The summed E-state index contributed by atoms with van der Waals surface area (Å²) in [5.74, 6) is -0.602. The van der Waals surface area contributed by atoms with Crippen molar-refractivity contribution < 1.29 is 9.18 Å². The largest absolute Gasteiger partial charge is 0.344 e. The third-order valence-electron chi connectivity index (χ3n) is 5.52. The van der Waals surface area contributed by atoms with E-state index in [1.54, 1.807) is 22.7 Å². The molecule has 0 saturated heterocycles. The van der Waals surface area contributed by atoms with Gasteiger partial charge in [-0.3, -0.25) is 4.79 Å². The van der Waals surface area contributed by atoms with E-state index in [1.165, 1.54) is 12.1 Å². The van der Waals surface area contributed by atoms with Crippen LogP contribution in [0.2, 0.25) is 0 Å². The highest BCUT2D eigenvalue weighted by Crippen LogP contribution is 2.24. The molecule has 1 amide bonds. The maximum Gasteiger partial charge on any atom is 0.270 e. The predicted molar refractivity (Wildman–Crippen MR) is 126 cm³/mol. The van der Waals surface area contributed by atoms with Crippen molar-refractivity contribution in [3.8, 4) is 22.5 Å². The molecule has 2 aromatic heterocycles. The normalized spacial score (nSPS) is 11.9.